The molecule has 17 heavy (non-hydrogen) atoms. The number of aromatic amines is 1. The normalized spacial score (nSPS) is 10.1. The summed E-state index contributed by atoms with van der Waals surface area (Å²) in [7, 11) is 0. The molecule has 0 unspecified atom stereocenters. The molecule has 0 saturated heterocycles. The minimum atomic E-state index is 0.420. The fourth-order valence-electron chi connectivity index (χ4n) is 1.58. The Labute approximate surface area is 109 Å². The van der Waals surface area contributed by atoms with Crippen LogP contribution in [-0.2, 0) is 12.4 Å². The lowest BCUT2D eigenvalue weighted by molar-refractivity contribution is 0.753. The van der Waals surface area contributed by atoms with Gasteiger partial charge in [0.25, 0.3) is 0 Å². The van der Waals surface area contributed by atoms with E-state index in [2.05, 4.69) is 11.1 Å². The lowest BCUT2D eigenvalue weighted by Crippen LogP contribution is -2.03. The van der Waals surface area contributed by atoms with E-state index in [0.29, 0.717) is 22.8 Å². The van der Waals surface area contributed by atoms with Crippen LogP contribution in [0.3, 0.4) is 0 Å². The molecular weight excluding hydrogens is 254 g/mol. The van der Waals surface area contributed by atoms with Crippen molar-refractivity contribution in [3.63, 3.8) is 0 Å². The number of nitriles is 1. The molecule has 2 rings (SSSR count). The van der Waals surface area contributed by atoms with E-state index < -0.39 is 0 Å². The summed E-state index contributed by atoms with van der Waals surface area (Å²) in [5.41, 5.74) is 2.70. The zero-order chi connectivity index (χ0) is 12.3. The first-order chi connectivity index (χ1) is 8.24. The zero-order valence-corrected chi connectivity index (χ0v) is 10.6. The van der Waals surface area contributed by atoms with Gasteiger partial charge in [-0.15, -0.1) is 11.6 Å². The van der Waals surface area contributed by atoms with Crippen molar-refractivity contribution in [3.05, 3.63) is 52.1 Å². The SMILES string of the molecule is N#Cc1ccc(Cn2c(CCl)c[nH]c2=S)cc1. The molecule has 0 amide bonds. The van der Waals surface area contributed by atoms with Crippen molar-refractivity contribution >= 4 is 23.8 Å². The van der Waals surface area contributed by atoms with Crippen LogP contribution in [0.15, 0.2) is 30.5 Å². The van der Waals surface area contributed by atoms with E-state index in [1.807, 2.05) is 22.9 Å². The highest BCUT2D eigenvalue weighted by molar-refractivity contribution is 7.71. The summed E-state index contributed by atoms with van der Waals surface area (Å²) in [4.78, 5) is 2.97. The first-order valence-electron chi connectivity index (χ1n) is 5.06. The van der Waals surface area contributed by atoms with Crippen LogP contribution in [0.1, 0.15) is 16.8 Å². The Kier molecular flexibility index (Phi) is 3.62. The first-order valence-corrected chi connectivity index (χ1v) is 6.01. The highest BCUT2D eigenvalue weighted by Gasteiger charge is 2.03. The Bertz CT molecular complexity index is 604. The number of hydrogen-bond acceptors (Lipinski definition) is 2. The van der Waals surface area contributed by atoms with Gasteiger partial charge in [0.15, 0.2) is 4.77 Å². The van der Waals surface area contributed by atoms with Crippen molar-refractivity contribution in [1.29, 1.82) is 5.26 Å². The molecule has 1 heterocycles. The molecule has 0 saturated carbocycles. The number of rotatable bonds is 3. The van der Waals surface area contributed by atoms with Gasteiger partial charge >= 0.3 is 0 Å². The standard InChI is InChI=1S/C12H10ClN3S/c13-5-11-7-15-12(17)16(11)8-10-3-1-9(6-14)2-4-10/h1-4,7H,5,8H2,(H,15,17). The third-order valence-electron chi connectivity index (χ3n) is 2.51. The van der Waals surface area contributed by atoms with Gasteiger partial charge in [0, 0.05) is 6.20 Å². The summed E-state index contributed by atoms with van der Waals surface area (Å²) >= 11 is 11.0. The van der Waals surface area contributed by atoms with Crippen LogP contribution in [0, 0.1) is 16.1 Å². The molecule has 0 atom stereocenters. The summed E-state index contributed by atoms with van der Waals surface area (Å²) in [6, 6.07) is 9.53. The predicted molar refractivity (Wildman–Crippen MR) is 69.4 cm³/mol. The molecule has 1 aromatic carbocycles. The summed E-state index contributed by atoms with van der Waals surface area (Å²) in [5, 5.41) is 8.72. The number of nitrogens with one attached hydrogen (secondary N) is 1. The van der Waals surface area contributed by atoms with E-state index in [-0.39, 0.29) is 0 Å². The monoisotopic (exact) mass is 263 g/mol. The minimum Gasteiger partial charge on any atom is -0.337 e. The maximum absolute atomic E-state index is 8.72. The number of halogens is 1. The maximum Gasteiger partial charge on any atom is 0.177 e. The van der Waals surface area contributed by atoms with Crippen LogP contribution in [0.2, 0.25) is 0 Å². The van der Waals surface area contributed by atoms with Gasteiger partial charge in [0.2, 0.25) is 0 Å². The maximum atomic E-state index is 8.72. The Morgan fingerprint density at radius 2 is 2.06 bits per heavy atom. The van der Waals surface area contributed by atoms with Gasteiger partial charge in [-0.25, -0.2) is 0 Å². The van der Waals surface area contributed by atoms with Crippen LogP contribution < -0.4 is 0 Å². The third-order valence-corrected chi connectivity index (χ3v) is 3.13. The van der Waals surface area contributed by atoms with E-state index >= 15 is 0 Å². The molecule has 0 radical (unpaired) electrons. The zero-order valence-electron chi connectivity index (χ0n) is 8.98. The van der Waals surface area contributed by atoms with Crippen LogP contribution in [0.4, 0.5) is 0 Å². The molecule has 0 aliphatic carbocycles. The van der Waals surface area contributed by atoms with Gasteiger partial charge in [0.05, 0.1) is 29.8 Å². The molecular formula is C12H10ClN3S. The topological polar surface area (TPSA) is 44.5 Å². The minimum absolute atomic E-state index is 0.420. The van der Waals surface area contributed by atoms with Crippen molar-refractivity contribution in [1.82, 2.24) is 9.55 Å². The molecule has 0 fully saturated rings. The average Bonchev–Trinajstić information content (AvgIpc) is 2.71. The molecule has 3 nitrogen and oxygen atoms in total. The fraction of sp³-hybridized carbons (Fsp3) is 0.167. The summed E-state index contributed by atoms with van der Waals surface area (Å²) in [5.74, 6) is 0.420. The van der Waals surface area contributed by atoms with Gasteiger partial charge < -0.3 is 9.55 Å². The van der Waals surface area contributed by atoms with Crippen molar-refractivity contribution in [2.75, 3.05) is 0 Å². The lowest BCUT2D eigenvalue weighted by atomic mass is 10.1. The number of H-pyrrole nitrogens is 1. The third kappa shape index (κ3) is 2.57. The largest absolute Gasteiger partial charge is 0.337 e. The lowest BCUT2D eigenvalue weighted by Gasteiger charge is -2.06. The molecule has 2 aromatic rings. The van der Waals surface area contributed by atoms with E-state index in [9.17, 15) is 0 Å². The molecule has 0 spiro atoms. The second-order valence-corrected chi connectivity index (χ2v) is 4.27. The van der Waals surface area contributed by atoms with E-state index in [4.69, 9.17) is 29.1 Å². The van der Waals surface area contributed by atoms with Crippen LogP contribution in [-0.4, -0.2) is 9.55 Å². The van der Waals surface area contributed by atoms with Crippen LogP contribution in [0.25, 0.3) is 0 Å². The van der Waals surface area contributed by atoms with Gasteiger partial charge in [-0.1, -0.05) is 12.1 Å². The summed E-state index contributed by atoms with van der Waals surface area (Å²) in [6.45, 7) is 0.663. The molecule has 86 valence electrons. The second-order valence-electron chi connectivity index (χ2n) is 3.61. The smallest absolute Gasteiger partial charge is 0.177 e. The molecule has 0 aliphatic rings. The van der Waals surface area contributed by atoms with Gasteiger partial charge in [0.1, 0.15) is 0 Å². The van der Waals surface area contributed by atoms with Crippen LogP contribution in [0.5, 0.6) is 0 Å². The highest BCUT2D eigenvalue weighted by atomic mass is 35.5. The number of benzene rings is 1. The number of aromatic nitrogens is 2. The molecule has 5 heteroatoms. The summed E-state index contributed by atoms with van der Waals surface area (Å²) < 4.78 is 2.61. The second kappa shape index (κ2) is 5.17. The van der Waals surface area contributed by atoms with Crippen molar-refractivity contribution in [2.45, 2.75) is 12.4 Å². The molecule has 1 aromatic heterocycles. The Balaban J connectivity index is 2.28. The van der Waals surface area contributed by atoms with Crippen molar-refractivity contribution in [2.24, 2.45) is 0 Å². The Morgan fingerprint density at radius 1 is 1.35 bits per heavy atom. The average molecular weight is 264 g/mol. The number of hydrogen-bond donors (Lipinski definition) is 1. The molecule has 0 aliphatic heterocycles. The predicted octanol–water partition coefficient (Wildman–Crippen LogP) is 3.20. The van der Waals surface area contributed by atoms with E-state index in [1.54, 1.807) is 12.1 Å². The van der Waals surface area contributed by atoms with Gasteiger partial charge in [-0.3, -0.25) is 0 Å². The molecule has 0 bridgehead atoms. The highest BCUT2D eigenvalue weighted by Crippen LogP contribution is 2.10. The Hall–Kier alpha value is -1.57. The summed E-state index contributed by atoms with van der Waals surface area (Å²) in [6.07, 6.45) is 1.82. The van der Waals surface area contributed by atoms with Crippen molar-refractivity contribution in [3.8, 4) is 6.07 Å². The number of imidazole rings is 1. The number of alkyl halides is 1. The fourth-order valence-corrected chi connectivity index (χ4v) is 2.04. The Morgan fingerprint density at radius 3 is 2.65 bits per heavy atom. The van der Waals surface area contributed by atoms with E-state index in [0.717, 1.165) is 11.3 Å². The van der Waals surface area contributed by atoms with Crippen molar-refractivity contribution < 1.29 is 0 Å². The van der Waals surface area contributed by atoms with Crippen LogP contribution >= 0.6 is 23.8 Å². The first kappa shape index (κ1) is 11.9. The van der Waals surface area contributed by atoms with Gasteiger partial charge in [-0.2, -0.15) is 5.26 Å². The number of nitrogens with zero attached hydrogens (tertiary/aromatic N) is 2. The molecule has 1 N–H and O–H groups in total. The quantitative estimate of drug-likeness (QED) is 0.683. The van der Waals surface area contributed by atoms with Gasteiger partial charge in [-0.05, 0) is 29.9 Å². The van der Waals surface area contributed by atoms with E-state index in [1.165, 1.54) is 0 Å².